The van der Waals surface area contributed by atoms with Crippen LogP contribution in [0.2, 0.25) is 0 Å². The molecule has 0 aromatic heterocycles. The summed E-state index contributed by atoms with van der Waals surface area (Å²) in [6.45, 7) is 1.22. The van der Waals surface area contributed by atoms with E-state index in [0.29, 0.717) is 13.0 Å². The van der Waals surface area contributed by atoms with Crippen molar-refractivity contribution in [2.24, 2.45) is 5.73 Å². The smallest absolute Gasteiger partial charge is 0.245 e. The summed E-state index contributed by atoms with van der Waals surface area (Å²) in [5.74, 6) is -0.889. The van der Waals surface area contributed by atoms with Gasteiger partial charge in [0.2, 0.25) is 17.7 Å². The molecule has 0 radical (unpaired) electrons. The molecule has 1 unspecified atom stereocenters. The van der Waals surface area contributed by atoms with Crippen LogP contribution < -0.4 is 16.4 Å². The fourth-order valence-electron chi connectivity index (χ4n) is 2.40. The minimum Gasteiger partial charge on any atom is -0.368 e. The van der Waals surface area contributed by atoms with Crippen LogP contribution in [0.15, 0.2) is 0 Å². The van der Waals surface area contributed by atoms with Gasteiger partial charge in [-0.3, -0.25) is 14.4 Å². The van der Waals surface area contributed by atoms with Gasteiger partial charge >= 0.3 is 0 Å². The molecule has 2 rings (SSSR count). The van der Waals surface area contributed by atoms with E-state index in [9.17, 15) is 14.4 Å². The van der Waals surface area contributed by atoms with Gasteiger partial charge < -0.3 is 21.3 Å². The Morgan fingerprint density at radius 3 is 2.83 bits per heavy atom. The van der Waals surface area contributed by atoms with Crippen LogP contribution in [0.3, 0.4) is 0 Å². The largest absolute Gasteiger partial charge is 0.368 e. The minimum absolute atomic E-state index is 0.0765. The van der Waals surface area contributed by atoms with Crippen molar-refractivity contribution in [3.8, 4) is 0 Å². The number of hydrogen-bond donors (Lipinski definition) is 3. The lowest BCUT2D eigenvalue weighted by Gasteiger charge is -2.17. The highest BCUT2D eigenvalue weighted by molar-refractivity contribution is 5.93. The van der Waals surface area contributed by atoms with Crippen molar-refractivity contribution in [3.05, 3.63) is 0 Å². The zero-order valence-corrected chi connectivity index (χ0v) is 10.1. The molecule has 4 N–H and O–H groups in total. The zero-order valence-electron chi connectivity index (χ0n) is 10.1. The number of nitrogens with one attached hydrogen (secondary N) is 2. The van der Waals surface area contributed by atoms with E-state index in [4.69, 9.17) is 5.73 Å². The van der Waals surface area contributed by atoms with Crippen LogP contribution in [0, 0.1) is 0 Å². The van der Waals surface area contributed by atoms with Gasteiger partial charge in [0.1, 0.15) is 6.04 Å². The Labute approximate surface area is 105 Å². The third-order valence-electron chi connectivity index (χ3n) is 3.34. The van der Waals surface area contributed by atoms with Gasteiger partial charge in [-0.05, 0) is 25.8 Å². The van der Waals surface area contributed by atoms with Gasteiger partial charge in [-0.2, -0.15) is 0 Å². The molecule has 2 atom stereocenters. The molecule has 0 aromatic carbocycles. The first-order valence-electron chi connectivity index (χ1n) is 6.19. The molecule has 2 saturated heterocycles. The molecular formula is C11H18N4O3. The standard InChI is InChI=1S/C11H18N4O3/c12-9(16)6-15-5-3-8(11(15)18)14-10(17)7-2-1-4-13-7/h7-8,13H,1-6H2,(H2,12,16)(H,14,17)/t7?,8-/m1/s1. The predicted octanol–water partition coefficient (Wildman–Crippen LogP) is -2.06. The van der Waals surface area contributed by atoms with Gasteiger partial charge in [0.05, 0.1) is 12.6 Å². The predicted molar refractivity (Wildman–Crippen MR) is 63.3 cm³/mol. The summed E-state index contributed by atoms with van der Waals surface area (Å²) < 4.78 is 0. The number of likely N-dealkylation sites (tertiary alicyclic amines) is 1. The third-order valence-corrected chi connectivity index (χ3v) is 3.34. The maximum absolute atomic E-state index is 11.9. The van der Waals surface area contributed by atoms with Gasteiger partial charge in [-0.25, -0.2) is 0 Å². The van der Waals surface area contributed by atoms with Crippen molar-refractivity contribution < 1.29 is 14.4 Å². The van der Waals surface area contributed by atoms with Gasteiger partial charge in [-0.1, -0.05) is 0 Å². The Bertz CT molecular complexity index is 365. The lowest BCUT2D eigenvalue weighted by Crippen LogP contribution is -2.48. The van der Waals surface area contributed by atoms with Crippen LogP contribution in [0.5, 0.6) is 0 Å². The molecule has 2 aliphatic heterocycles. The van der Waals surface area contributed by atoms with Crippen LogP contribution in [0.25, 0.3) is 0 Å². The van der Waals surface area contributed by atoms with E-state index in [1.165, 1.54) is 4.90 Å². The number of carbonyl (C=O) groups excluding carboxylic acids is 3. The maximum atomic E-state index is 11.9. The average molecular weight is 254 g/mol. The fourth-order valence-corrected chi connectivity index (χ4v) is 2.40. The molecule has 0 aliphatic carbocycles. The van der Waals surface area contributed by atoms with E-state index in [2.05, 4.69) is 10.6 Å². The highest BCUT2D eigenvalue weighted by Crippen LogP contribution is 2.12. The molecule has 0 spiro atoms. The molecule has 7 nitrogen and oxygen atoms in total. The quantitative estimate of drug-likeness (QED) is 0.536. The van der Waals surface area contributed by atoms with Crippen LogP contribution >= 0.6 is 0 Å². The van der Waals surface area contributed by atoms with Crippen molar-refractivity contribution in [1.82, 2.24) is 15.5 Å². The summed E-state index contributed by atoms with van der Waals surface area (Å²) in [5, 5.41) is 5.81. The Morgan fingerprint density at radius 2 is 2.22 bits per heavy atom. The van der Waals surface area contributed by atoms with E-state index < -0.39 is 11.9 Å². The number of amides is 3. The number of nitrogens with two attached hydrogens (primary N) is 1. The highest BCUT2D eigenvalue weighted by atomic mass is 16.2. The molecule has 3 amide bonds. The Kier molecular flexibility index (Phi) is 3.81. The molecule has 18 heavy (non-hydrogen) atoms. The summed E-state index contributed by atoms with van der Waals surface area (Å²) in [7, 11) is 0. The fraction of sp³-hybridized carbons (Fsp3) is 0.727. The summed E-state index contributed by atoms with van der Waals surface area (Å²) in [6, 6.07) is -0.706. The summed E-state index contributed by atoms with van der Waals surface area (Å²) in [4.78, 5) is 35.9. The Balaban J connectivity index is 1.85. The molecule has 100 valence electrons. The van der Waals surface area contributed by atoms with Crippen molar-refractivity contribution in [2.45, 2.75) is 31.3 Å². The summed E-state index contributed by atoms with van der Waals surface area (Å²) in [5.41, 5.74) is 5.05. The van der Waals surface area contributed by atoms with E-state index in [1.807, 2.05) is 0 Å². The molecule has 2 fully saturated rings. The first-order valence-corrected chi connectivity index (χ1v) is 6.19. The molecule has 7 heteroatoms. The normalized spacial score (nSPS) is 27.6. The first-order chi connectivity index (χ1) is 8.58. The van der Waals surface area contributed by atoms with Gasteiger partial charge in [0.15, 0.2) is 0 Å². The molecule has 2 aliphatic rings. The van der Waals surface area contributed by atoms with Crippen LogP contribution in [0.1, 0.15) is 19.3 Å². The Hall–Kier alpha value is -1.63. The van der Waals surface area contributed by atoms with E-state index in [0.717, 1.165) is 19.4 Å². The van der Waals surface area contributed by atoms with Gasteiger partial charge in [-0.15, -0.1) is 0 Å². The number of carbonyl (C=O) groups is 3. The summed E-state index contributed by atoms with van der Waals surface area (Å²) >= 11 is 0. The zero-order chi connectivity index (χ0) is 13.1. The molecule has 0 saturated carbocycles. The van der Waals surface area contributed by atoms with Gasteiger partial charge in [0.25, 0.3) is 0 Å². The number of nitrogens with zero attached hydrogens (tertiary/aromatic N) is 1. The molecular weight excluding hydrogens is 236 g/mol. The van der Waals surface area contributed by atoms with Crippen LogP contribution in [-0.2, 0) is 14.4 Å². The van der Waals surface area contributed by atoms with Crippen molar-refractivity contribution >= 4 is 17.7 Å². The molecule has 0 bridgehead atoms. The third kappa shape index (κ3) is 2.79. The lowest BCUT2D eigenvalue weighted by atomic mass is 10.2. The van der Waals surface area contributed by atoms with Crippen LogP contribution in [-0.4, -0.2) is 54.3 Å². The van der Waals surface area contributed by atoms with Crippen molar-refractivity contribution in [1.29, 1.82) is 0 Å². The van der Waals surface area contributed by atoms with Crippen molar-refractivity contribution in [3.63, 3.8) is 0 Å². The second-order valence-corrected chi connectivity index (χ2v) is 4.72. The van der Waals surface area contributed by atoms with Crippen molar-refractivity contribution in [2.75, 3.05) is 19.6 Å². The first kappa shape index (κ1) is 12.8. The monoisotopic (exact) mass is 254 g/mol. The highest BCUT2D eigenvalue weighted by Gasteiger charge is 2.35. The summed E-state index contributed by atoms with van der Waals surface area (Å²) in [6.07, 6.45) is 2.31. The lowest BCUT2D eigenvalue weighted by molar-refractivity contribution is -0.135. The van der Waals surface area contributed by atoms with Crippen LogP contribution in [0.4, 0.5) is 0 Å². The minimum atomic E-state index is -0.534. The van der Waals surface area contributed by atoms with E-state index in [1.54, 1.807) is 0 Å². The number of primary amides is 1. The average Bonchev–Trinajstić information content (AvgIpc) is 2.93. The van der Waals surface area contributed by atoms with Gasteiger partial charge in [0, 0.05) is 6.54 Å². The number of rotatable bonds is 4. The van der Waals surface area contributed by atoms with E-state index in [-0.39, 0.29) is 24.4 Å². The molecule has 2 heterocycles. The maximum Gasteiger partial charge on any atom is 0.245 e. The van der Waals surface area contributed by atoms with E-state index >= 15 is 0 Å². The second kappa shape index (κ2) is 5.34. The SMILES string of the molecule is NC(=O)CN1CC[C@@H](NC(=O)C2CCCN2)C1=O. The topological polar surface area (TPSA) is 105 Å². The number of hydrogen-bond acceptors (Lipinski definition) is 4. The Morgan fingerprint density at radius 1 is 1.44 bits per heavy atom. The molecule has 0 aromatic rings. The second-order valence-electron chi connectivity index (χ2n) is 4.72.